The third-order valence-electron chi connectivity index (χ3n) is 4.36. The first-order valence-corrected chi connectivity index (χ1v) is 8.34. The summed E-state index contributed by atoms with van der Waals surface area (Å²) in [5, 5.41) is 12.6. The van der Waals surface area contributed by atoms with E-state index in [-0.39, 0.29) is 11.7 Å². The van der Waals surface area contributed by atoms with Crippen molar-refractivity contribution in [1.29, 1.82) is 0 Å². The van der Waals surface area contributed by atoms with Gasteiger partial charge in [0.1, 0.15) is 5.82 Å². The molecule has 1 aliphatic heterocycles. The minimum Gasteiger partial charge on any atom is -0.352 e. The first-order valence-electron chi connectivity index (χ1n) is 8.34. The molecule has 1 aromatic carbocycles. The standard InChI is InChI=1S/C18H17FN6O/c19-15-4-2-14(3-5-15)18(26)24-12-10-23(11-13-24)16-6-7-17(22-21-16)25-9-1-8-20-25/h1-9H,10-13H2. The fourth-order valence-corrected chi connectivity index (χ4v) is 2.93. The Balaban J connectivity index is 1.39. The highest BCUT2D eigenvalue weighted by Crippen LogP contribution is 2.15. The van der Waals surface area contributed by atoms with Crippen molar-refractivity contribution in [2.45, 2.75) is 0 Å². The zero-order valence-electron chi connectivity index (χ0n) is 14.0. The number of amides is 1. The molecule has 8 heteroatoms. The molecule has 1 saturated heterocycles. The van der Waals surface area contributed by atoms with E-state index in [2.05, 4.69) is 20.2 Å². The Morgan fingerprint density at radius 3 is 2.23 bits per heavy atom. The second-order valence-electron chi connectivity index (χ2n) is 5.99. The SMILES string of the molecule is O=C(c1ccc(F)cc1)N1CCN(c2ccc(-n3cccn3)nn2)CC1. The highest BCUT2D eigenvalue weighted by molar-refractivity contribution is 5.94. The van der Waals surface area contributed by atoms with Crippen LogP contribution in [0.5, 0.6) is 0 Å². The molecule has 1 fully saturated rings. The van der Waals surface area contributed by atoms with Gasteiger partial charge < -0.3 is 9.80 Å². The summed E-state index contributed by atoms with van der Waals surface area (Å²) in [4.78, 5) is 16.3. The van der Waals surface area contributed by atoms with E-state index in [9.17, 15) is 9.18 Å². The fourth-order valence-electron chi connectivity index (χ4n) is 2.93. The molecule has 3 aromatic rings. The van der Waals surface area contributed by atoms with Crippen molar-refractivity contribution in [3.8, 4) is 5.82 Å². The molecular formula is C18H17FN6O. The van der Waals surface area contributed by atoms with Gasteiger partial charge in [-0.15, -0.1) is 10.2 Å². The van der Waals surface area contributed by atoms with Gasteiger partial charge in [-0.1, -0.05) is 0 Å². The van der Waals surface area contributed by atoms with Crippen LogP contribution in [0.3, 0.4) is 0 Å². The lowest BCUT2D eigenvalue weighted by atomic mass is 10.2. The zero-order chi connectivity index (χ0) is 17.9. The van der Waals surface area contributed by atoms with Crippen LogP contribution in [0.4, 0.5) is 10.2 Å². The summed E-state index contributed by atoms with van der Waals surface area (Å²) < 4.78 is 14.6. The summed E-state index contributed by atoms with van der Waals surface area (Å²) in [5.74, 6) is 1.01. The second-order valence-corrected chi connectivity index (χ2v) is 5.99. The topological polar surface area (TPSA) is 67.2 Å². The van der Waals surface area contributed by atoms with E-state index >= 15 is 0 Å². The lowest BCUT2D eigenvalue weighted by Crippen LogP contribution is -2.49. The molecule has 0 aliphatic carbocycles. The van der Waals surface area contributed by atoms with E-state index in [4.69, 9.17) is 0 Å². The summed E-state index contributed by atoms with van der Waals surface area (Å²) in [6, 6.07) is 11.2. The normalized spacial score (nSPS) is 14.5. The van der Waals surface area contributed by atoms with Crippen LogP contribution in [0, 0.1) is 5.82 Å². The van der Waals surface area contributed by atoms with Crippen LogP contribution in [0.25, 0.3) is 5.82 Å². The van der Waals surface area contributed by atoms with Crippen molar-refractivity contribution in [2.24, 2.45) is 0 Å². The largest absolute Gasteiger partial charge is 0.352 e. The third-order valence-corrected chi connectivity index (χ3v) is 4.36. The lowest BCUT2D eigenvalue weighted by Gasteiger charge is -2.35. The number of anilines is 1. The molecule has 0 N–H and O–H groups in total. The molecule has 1 amide bonds. The van der Waals surface area contributed by atoms with Crippen LogP contribution in [0.2, 0.25) is 0 Å². The molecule has 2 aromatic heterocycles. The van der Waals surface area contributed by atoms with Gasteiger partial charge >= 0.3 is 0 Å². The quantitative estimate of drug-likeness (QED) is 0.719. The number of piperazine rings is 1. The van der Waals surface area contributed by atoms with E-state index in [1.54, 1.807) is 15.8 Å². The molecule has 3 heterocycles. The second kappa shape index (κ2) is 6.91. The van der Waals surface area contributed by atoms with Crippen LogP contribution in [-0.2, 0) is 0 Å². The average molecular weight is 352 g/mol. The van der Waals surface area contributed by atoms with Crippen molar-refractivity contribution >= 4 is 11.7 Å². The number of carbonyl (C=O) groups excluding carboxylic acids is 1. The van der Waals surface area contributed by atoms with E-state index in [1.165, 1.54) is 24.3 Å². The molecule has 0 radical (unpaired) electrons. The maximum absolute atomic E-state index is 13.0. The average Bonchev–Trinajstić information content (AvgIpc) is 3.23. The molecule has 7 nitrogen and oxygen atoms in total. The van der Waals surface area contributed by atoms with Gasteiger partial charge in [0.05, 0.1) is 0 Å². The number of nitrogens with zero attached hydrogens (tertiary/aromatic N) is 6. The predicted molar refractivity (Wildman–Crippen MR) is 93.7 cm³/mol. The van der Waals surface area contributed by atoms with E-state index in [0.29, 0.717) is 37.6 Å². The first kappa shape index (κ1) is 16.2. The van der Waals surface area contributed by atoms with Gasteiger partial charge in [-0.3, -0.25) is 4.79 Å². The Labute approximate surface area is 149 Å². The maximum atomic E-state index is 13.0. The van der Waals surface area contributed by atoms with Crippen molar-refractivity contribution in [3.63, 3.8) is 0 Å². The van der Waals surface area contributed by atoms with E-state index in [1.807, 2.05) is 24.4 Å². The minimum absolute atomic E-state index is 0.0789. The van der Waals surface area contributed by atoms with Gasteiger partial charge in [0.15, 0.2) is 11.6 Å². The number of halogens is 1. The number of carbonyl (C=O) groups is 1. The Bertz CT molecular complexity index is 871. The number of hydrogen-bond donors (Lipinski definition) is 0. The molecule has 1 aliphatic rings. The maximum Gasteiger partial charge on any atom is 0.253 e. The number of hydrogen-bond acceptors (Lipinski definition) is 5. The van der Waals surface area contributed by atoms with Crippen molar-refractivity contribution in [1.82, 2.24) is 24.9 Å². The van der Waals surface area contributed by atoms with Crippen molar-refractivity contribution in [3.05, 3.63) is 66.2 Å². The number of benzene rings is 1. The molecule has 132 valence electrons. The number of rotatable bonds is 3. The van der Waals surface area contributed by atoms with E-state index < -0.39 is 0 Å². The molecule has 0 bridgehead atoms. The summed E-state index contributed by atoms with van der Waals surface area (Å²) in [6.45, 7) is 2.50. The third kappa shape index (κ3) is 3.26. The molecular weight excluding hydrogens is 335 g/mol. The lowest BCUT2D eigenvalue weighted by molar-refractivity contribution is 0.0746. The van der Waals surface area contributed by atoms with Crippen LogP contribution in [0.1, 0.15) is 10.4 Å². The zero-order valence-corrected chi connectivity index (χ0v) is 14.0. The Hall–Kier alpha value is -3.29. The molecule has 26 heavy (non-hydrogen) atoms. The minimum atomic E-state index is -0.344. The monoisotopic (exact) mass is 352 g/mol. The van der Waals surface area contributed by atoms with Gasteiger partial charge in [0.25, 0.3) is 5.91 Å². The molecule has 0 spiro atoms. The van der Waals surface area contributed by atoms with Crippen molar-refractivity contribution in [2.75, 3.05) is 31.1 Å². The molecule has 0 saturated carbocycles. The molecule has 4 rings (SSSR count). The highest BCUT2D eigenvalue weighted by Gasteiger charge is 2.23. The smallest absolute Gasteiger partial charge is 0.253 e. The Morgan fingerprint density at radius 1 is 0.923 bits per heavy atom. The summed E-state index contributed by atoms with van der Waals surface area (Å²) in [5.41, 5.74) is 0.503. The van der Waals surface area contributed by atoms with Gasteiger partial charge in [0, 0.05) is 44.1 Å². The van der Waals surface area contributed by atoms with Gasteiger partial charge in [-0.05, 0) is 42.5 Å². The van der Waals surface area contributed by atoms with Crippen molar-refractivity contribution < 1.29 is 9.18 Å². The Morgan fingerprint density at radius 2 is 1.62 bits per heavy atom. The van der Waals surface area contributed by atoms with E-state index in [0.717, 1.165) is 5.82 Å². The summed E-state index contributed by atoms with van der Waals surface area (Å²) in [6.07, 6.45) is 3.50. The Kier molecular flexibility index (Phi) is 4.30. The fraction of sp³-hybridized carbons (Fsp3) is 0.222. The predicted octanol–water partition coefficient (Wildman–Crippen LogP) is 1.76. The molecule has 0 unspecified atom stereocenters. The number of aromatic nitrogens is 4. The summed E-state index contributed by atoms with van der Waals surface area (Å²) >= 11 is 0. The van der Waals surface area contributed by atoms with Crippen LogP contribution >= 0.6 is 0 Å². The van der Waals surface area contributed by atoms with Gasteiger partial charge in [-0.2, -0.15) is 5.10 Å². The van der Waals surface area contributed by atoms with Gasteiger partial charge in [-0.25, -0.2) is 9.07 Å². The van der Waals surface area contributed by atoms with Crippen LogP contribution < -0.4 is 4.90 Å². The highest BCUT2D eigenvalue weighted by atomic mass is 19.1. The first-order chi connectivity index (χ1) is 12.7. The molecule has 0 atom stereocenters. The van der Waals surface area contributed by atoms with Crippen LogP contribution in [0.15, 0.2) is 54.9 Å². The van der Waals surface area contributed by atoms with Crippen LogP contribution in [-0.4, -0.2) is 57.0 Å². The summed E-state index contributed by atoms with van der Waals surface area (Å²) in [7, 11) is 0. The van der Waals surface area contributed by atoms with Gasteiger partial charge in [0.2, 0.25) is 0 Å².